The van der Waals surface area contributed by atoms with Crippen LogP contribution in [-0.2, 0) is 16.6 Å². The summed E-state index contributed by atoms with van der Waals surface area (Å²) >= 11 is 0. The maximum Gasteiger partial charge on any atom is 0.240 e. The summed E-state index contributed by atoms with van der Waals surface area (Å²) in [5, 5.41) is 23.2. The lowest BCUT2D eigenvalue weighted by Crippen LogP contribution is -2.42. The van der Waals surface area contributed by atoms with Gasteiger partial charge in [0.2, 0.25) is 10.0 Å². The van der Waals surface area contributed by atoms with Crippen molar-refractivity contribution in [2.24, 2.45) is 0 Å². The van der Waals surface area contributed by atoms with Gasteiger partial charge in [-0.15, -0.1) is 10.2 Å². The quantitative estimate of drug-likeness (QED) is 0.281. The average molecular weight is 573 g/mol. The molecule has 41 heavy (non-hydrogen) atoms. The molecule has 1 saturated heterocycles. The van der Waals surface area contributed by atoms with Crippen LogP contribution in [0, 0.1) is 0 Å². The summed E-state index contributed by atoms with van der Waals surface area (Å²) in [6, 6.07) is 21.1. The van der Waals surface area contributed by atoms with Gasteiger partial charge in [0.1, 0.15) is 24.2 Å². The highest BCUT2D eigenvalue weighted by Gasteiger charge is 2.30. The molecule has 1 aliphatic rings. The summed E-state index contributed by atoms with van der Waals surface area (Å²) in [6.45, 7) is 3.63. The molecule has 0 radical (unpaired) electrons. The number of rotatable bonds is 9. The van der Waals surface area contributed by atoms with Crippen molar-refractivity contribution in [3.63, 3.8) is 0 Å². The Morgan fingerprint density at radius 3 is 2.61 bits per heavy atom. The first-order valence-electron chi connectivity index (χ1n) is 13.2. The largest absolute Gasteiger partial charge is 0.490 e. The van der Waals surface area contributed by atoms with Crippen LogP contribution in [0.2, 0.25) is 0 Å². The van der Waals surface area contributed by atoms with Gasteiger partial charge < -0.3 is 14.6 Å². The molecule has 1 aliphatic heterocycles. The second-order valence-corrected chi connectivity index (χ2v) is 11.7. The van der Waals surface area contributed by atoms with Crippen molar-refractivity contribution < 1.29 is 23.0 Å². The fourth-order valence-corrected chi connectivity index (χ4v) is 6.00. The van der Waals surface area contributed by atoms with Crippen molar-refractivity contribution in [1.29, 1.82) is 0 Å². The number of pyridine rings is 1. The van der Waals surface area contributed by atoms with E-state index in [0.717, 1.165) is 16.6 Å². The van der Waals surface area contributed by atoms with Crippen LogP contribution < -0.4 is 9.47 Å². The highest BCUT2D eigenvalue weighted by molar-refractivity contribution is 7.93. The Labute approximate surface area is 236 Å². The van der Waals surface area contributed by atoms with Crippen molar-refractivity contribution in [2.45, 2.75) is 25.6 Å². The molecule has 2 aromatic carbocycles. The SMILES string of the molecule is C=C(CO)S(=O)(=O)N1CCC(Oc2ccc3c(OCc4nnc5ccc(-c6ccccc6)nn45)ccnc3c2)CC1. The van der Waals surface area contributed by atoms with Crippen molar-refractivity contribution in [3.05, 3.63) is 90.2 Å². The van der Waals surface area contributed by atoms with Crippen LogP contribution in [0.4, 0.5) is 0 Å². The molecular formula is C29H28N6O5S. The van der Waals surface area contributed by atoms with E-state index in [4.69, 9.17) is 14.6 Å². The molecule has 3 aromatic heterocycles. The number of hydrogen-bond donors (Lipinski definition) is 1. The van der Waals surface area contributed by atoms with E-state index in [9.17, 15) is 13.5 Å². The molecule has 4 heterocycles. The molecule has 0 amide bonds. The maximum atomic E-state index is 12.4. The number of aliphatic hydroxyl groups is 1. The highest BCUT2D eigenvalue weighted by atomic mass is 32.2. The van der Waals surface area contributed by atoms with Gasteiger partial charge in [0.15, 0.2) is 11.5 Å². The van der Waals surface area contributed by atoms with Crippen LogP contribution in [0.3, 0.4) is 0 Å². The molecule has 11 nitrogen and oxygen atoms in total. The summed E-state index contributed by atoms with van der Waals surface area (Å²) in [6.07, 6.45) is 2.58. The Kier molecular flexibility index (Phi) is 7.35. The lowest BCUT2D eigenvalue weighted by molar-refractivity contribution is 0.135. The molecule has 0 bridgehead atoms. The number of hydrogen-bond acceptors (Lipinski definition) is 9. The van der Waals surface area contributed by atoms with Gasteiger partial charge in [-0.1, -0.05) is 36.9 Å². The van der Waals surface area contributed by atoms with Crippen LogP contribution in [0.5, 0.6) is 11.5 Å². The van der Waals surface area contributed by atoms with Gasteiger partial charge in [-0.25, -0.2) is 8.42 Å². The first-order chi connectivity index (χ1) is 19.9. The zero-order chi connectivity index (χ0) is 28.4. The molecule has 0 unspecified atom stereocenters. The zero-order valence-corrected chi connectivity index (χ0v) is 22.9. The first-order valence-corrected chi connectivity index (χ1v) is 14.6. The highest BCUT2D eigenvalue weighted by Crippen LogP contribution is 2.30. The third-order valence-corrected chi connectivity index (χ3v) is 8.92. The fraction of sp³-hybridized carbons (Fsp3) is 0.241. The first kappa shape index (κ1) is 26.8. The molecule has 5 aromatic rings. The lowest BCUT2D eigenvalue weighted by Gasteiger charge is -2.31. The minimum absolute atomic E-state index is 0.143. The van der Waals surface area contributed by atoms with Crippen LogP contribution >= 0.6 is 0 Å². The number of aromatic nitrogens is 5. The predicted molar refractivity (Wildman–Crippen MR) is 153 cm³/mol. The average Bonchev–Trinajstić information content (AvgIpc) is 3.42. The fourth-order valence-electron chi connectivity index (χ4n) is 4.78. The van der Waals surface area contributed by atoms with Crippen LogP contribution in [0.15, 0.2) is 84.4 Å². The third-order valence-electron chi connectivity index (χ3n) is 7.01. The van der Waals surface area contributed by atoms with E-state index in [2.05, 4.69) is 21.8 Å². The molecule has 0 spiro atoms. The smallest absolute Gasteiger partial charge is 0.240 e. The maximum absolute atomic E-state index is 12.4. The summed E-state index contributed by atoms with van der Waals surface area (Å²) in [5.41, 5.74) is 3.14. The second-order valence-electron chi connectivity index (χ2n) is 9.67. The zero-order valence-electron chi connectivity index (χ0n) is 22.1. The van der Waals surface area contributed by atoms with E-state index in [-0.39, 0.29) is 17.6 Å². The molecular weight excluding hydrogens is 544 g/mol. The lowest BCUT2D eigenvalue weighted by atomic mass is 10.1. The van der Waals surface area contributed by atoms with Crippen LogP contribution in [0.25, 0.3) is 27.8 Å². The van der Waals surface area contributed by atoms with Crippen molar-refractivity contribution in [2.75, 3.05) is 19.7 Å². The minimum Gasteiger partial charge on any atom is -0.490 e. The molecule has 1 N–H and O–H groups in total. The molecule has 0 aliphatic carbocycles. The molecule has 12 heteroatoms. The van der Waals surface area contributed by atoms with Crippen molar-refractivity contribution >= 4 is 26.6 Å². The van der Waals surface area contributed by atoms with Crippen LogP contribution in [0.1, 0.15) is 18.7 Å². The summed E-state index contributed by atoms with van der Waals surface area (Å²) < 4.78 is 40.2. The number of benzene rings is 2. The van der Waals surface area contributed by atoms with Crippen molar-refractivity contribution in [1.82, 2.24) is 29.1 Å². The van der Waals surface area contributed by atoms with E-state index in [1.165, 1.54) is 4.31 Å². The summed E-state index contributed by atoms with van der Waals surface area (Å²) in [4.78, 5) is 4.29. The van der Waals surface area contributed by atoms with Gasteiger partial charge >= 0.3 is 0 Å². The molecule has 0 atom stereocenters. The van der Waals surface area contributed by atoms with Crippen molar-refractivity contribution in [3.8, 4) is 22.8 Å². The van der Waals surface area contributed by atoms with E-state index >= 15 is 0 Å². The van der Waals surface area contributed by atoms with Gasteiger partial charge in [-0.2, -0.15) is 13.9 Å². The topological polar surface area (TPSA) is 132 Å². The van der Waals surface area contributed by atoms with E-state index < -0.39 is 16.6 Å². The number of piperidine rings is 1. The molecule has 6 rings (SSSR count). The summed E-state index contributed by atoms with van der Waals surface area (Å²) in [7, 11) is -3.70. The van der Waals surface area contributed by atoms with E-state index in [1.54, 1.807) is 16.8 Å². The predicted octanol–water partition coefficient (Wildman–Crippen LogP) is 3.60. The molecule has 0 saturated carbocycles. The number of aliphatic hydroxyl groups excluding tert-OH is 1. The number of sulfonamides is 1. The third kappa shape index (κ3) is 5.49. The van der Waals surface area contributed by atoms with E-state index in [1.807, 2.05) is 60.7 Å². The summed E-state index contributed by atoms with van der Waals surface area (Å²) in [5.74, 6) is 1.85. The minimum atomic E-state index is -3.70. The standard InChI is InChI=1S/C29H28N6O5S/c1-20(18-36)41(37,38)34-15-12-22(13-16-34)40-23-7-8-24-26(17-23)30-14-11-27(24)39-19-29-32-31-28-10-9-25(33-35(28)29)21-5-3-2-4-6-21/h2-11,14,17,22,36H,1,12-13,15-16,18-19H2. The Morgan fingerprint density at radius 1 is 1.02 bits per heavy atom. The van der Waals surface area contributed by atoms with Gasteiger partial charge in [0, 0.05) is 36.3 Å². The second kappa shape index (κ2) is 11.2. The van der Waals surface area contributed by atoms with Gasteiger partial charge in [-0.05, 0) is 43.2 Å². The molecule has 1 fully saturated rings. The monoisotopic (exact) mass is 572 g/mol. The van der Waals surface area contributed by atoms with Gasteiger partial charge in [-0.3, -0.25) is 4.98 Å². The number of fused-ring (bicyclic) bond motifs is 2. The normalized spacial score (nSPS) is 14.9. The number of nitrogens with zero attached hydrogens (tertiary/aromatic N) is 6. The molecule has 210 valence electrons. The Bertz CT molecular complexity index is 1820. The van der Waals surface area contributed by atoms with Gasteiger partial charge in [0.25, 0.3) is 0 Å². The Hall–Kier alpha value is -4.39. The van der Waals surface area contributed by atoms with E-state index in [0.29, 0.717) is 54.4 Å². The Morgan fingerprint density at radius 2 is 1.83 bits per heavy atom. The number of ether oxygens (including phenoxy) is 2. The Balaban J connectivity index is 1.14. The van der Waals surface area contributed by atoms with Crippen LogP contribution in [-0.4, -0.2) is 68.4 Å². The van der Waals surface area contributed by atoms with Gasteiger partial charge in [0.05, 0.1) is 22.7 Å².